The van der Waals surface area contributed by atoms with Gasteiger partial charge in [-0.1, -0.05) is 64.4 Å². The topological polar surface area (TPSA) is 0 Å². The lowest BCUT2D eigenvalue weighted by molar-refractivity contribution is 0.508. The first kappa shape index (κ1) is 22.4. The van der Waals surface area contributed by atoms with Gasteiger partial charge in [-0.2, -0.15) is 0 Å². The number of fused-ring (bicyclic) bond motifs is 3. The first-order valence-electron chi connectivity index (χ1n) is 13.4. The summed E-state index contributed by atoms with van der Waals surface area (Å²) >= 11 is 0. The van der Waals surface area contributed by atoms with Crippen molar-refractivity contribution in [2.75, 3.05) is 0 Å². The maximum Gasteiger partial charge on any atom is 0.107 e. The minimum absolute atomic E-state index is 0.560. The SMILES string of the molecule is CC(C)c1cc2c(c(C(C)C)c1)-c1ccccc1[P+](C1=CCCCC1)(C1CCCCC1)C2. The standard InChI is InChI=1S/C31H42P/c1-22(2)24-19-25-21-32(26-13-7-5-8-14-26,27-15-9-6-10-16-27)30-18-12-11-17-28(30)31(25)29(20-24)23(3)4/h11-13,17-20,22-23,27H,5-10,14-16,21H2,1-4H3/q+1. The normalized spacial score (nSPS) is 23.8. The Morgan fingerprint density at radius 1 is 0.844 bits per heavy atom. The molecule has 1 atom stereocenters. The van der Waals surface area contributed by atoms with E-state index in [0.29, 0.717) is 11.8 Å². The highest BCUT2D eigenvalue weighted by molar-refractivity contribution is 7.86. The van der Waals surface area contributed by atoms with Crippen molar-refractivity contribution in [1.29, 1.82) is 0 Å². The second kappa shape index (κ2) is 9.10. The van der Waals surface area contributed by atoms with Gasteiger partial charge in [0.05, 0.1) is 24.4 Å². The first-order chi connectivity index (χ1) is 15.5. The molecule has 2 aliphatic carbocycles. The molecular weight excluding hydrogens is 403 g/mol. The molecule has 1 fully saturated rings. The predicted molar refractivity (Wildman–Crippen MR) is 144 cm³/mol. The molecule has 32 heavy (non-hydrogen) atoms. The molecule has 2 aromatic rings. The largest absolute Gasteiger partial charge is 0.107 e. The molecule has 1 unspecified atom stereocenters. The number of allylic oxidation sites excluding steroid dienone is 2. The second-order valence-corrected chi connectivity index (χ2v) is 15.1. The molecule has 170 valence electrons. The fourth-order valence-electron chi connectivity index (χ4n) is 6.90. The van der Waals surface area contributed by atoms with Crippen LogP contribution >= 0.6 is 7.26 Å². The molecule has 2 aromatic carbocycles. The summed E-state index contributed by atoms with van der Waals surface area (Å²) in [5.41, 5.74) is 8.91. The van der Waals surface area contributed by atoms with Gasteiger partial charge in [0, 0.05) is 12.0 Å². The van der Waals surface area contributed by atoms with Gasteiger partial charge in [-0.3, -0.25) is 0 Å². The van der Waals surface area contributed by atoms with E-state index in [1.807, 2.05) is 5.31 Å². The van der Waals surface area contributed by atoms with Crippen LogP contribution in [0.2, 0.25) is 0 Å². The summed E-state index contributed by atoms with van der Waals surface area (Å²) in [7, 11) is -1.40. The quantitative estimate of drug-likeness (QED) is 0.411. The summed E-state index contributed by atoms with van der Waals surface area (Å²) in [6.07, 6.45) is 16.8. The van der Waals surface area contributed by atoms with Gasteiger partial charge in [0.15, 0.2) is 0 Å². The summed E-state index contributed by atoms with van der Waals surface area (Å²) < 4.78 is 0. The number of hydrogen-bond acceptors (Lipinski definition) is 0. The Labute approximate surface area is 197 Å². The molecule has 0 nitrogen and oxygen atoms in total. The van der Waals surface area contributed by atoms with Crippen LogP contribution in [-0.2, 0) is 6.16 Å². The van der Waals surface area contributed by atoms with Gasteiger partial charge in [-0.15, -0.1) is 0 Å². The Kier molecular flexibility index (Phi) is 6.37. The minimum Gasteiger partial charge on any atom is -0.0614 e. The van der Waals surface area contributed by atoms with Gasteiger partial charge >= 0.3 is 0 Å². The number of rotatable bonds is 4. The van der Waals surface area contributed by atoms with Crippen molar-refractivity contribution >= 4 is 12.6 Å². The maximum atomic E-state index is 2.73. The zero-order chi connectivity index (χ0) is 22.3. The second-order valence-electron chi connectivity index (χ2n) is 11.2. The molecule has 0 bridgehead atoms. The van der Waals surface area contributed by atoms with E-state index in [-0.39, 0.29) is 0 Å². The molecule has 1 saturated carbocycles. The zero-order valence-electron chi connectivity index (χ0n) is 20.8. The van der Waals surface area contributed by atoms with Crippen LogP contribution in [0.4, 0.5) is 0 Å². The molecule has 0 N–H and O–H groups in total. The van der Waals surface area contributed by atoms with Gasteiger partial charge in [0.1, 0.15) is 5.30 Å². The average molecular weight is 446 g/mol. The highest BCUT2D eigenvalue weighted by Crippen LogP contribution is 2.77. The Balaban J connectivity index is 1.79. The molecule has 0 saturated heterocycles. The Morgan fingerprint density at radius 2 is 1.62 bits per heavy atom. The van der Waals surface area contributed by atoms with Gasteiger partial charge in [-0.25, -0.2) is 0 Å². The summed E-state index contributed by atoms with van der Waals surface area (Å²) in [5, 5.41) is 3.67. The van der Waals surface area contributed by atoms with Crippen LogP contribution in [0.15, 0.2) is 47.8 Å². The molecule has 1 heterocycles. The molecule has 0 radical (unpaired) electrons. The third kappa shape index (κ3) is 3.72. The van der Waals surface area contributed by atoms with Crippen molar-refractivity contribution in [2.24, 2.45) is 0 Å². The number of benzene rings is 2. The zero-order valence-corrected chi connectivity index (χ0v) is 21.7. The molecule has 0 spiro atoms. The third-order valence-corrected chi connectivity index (χ3v) is 13.8. The van der Waals surface area contributed by atoms with Crippen LogP contribution in [-0.4, -0.2) is 5.66 Å². The lowest BCUT2D eigenvalue weighted by Gasteiger charge is -2.43. The van der Waals surface area contributed by atoms with Crippen LogP contribution in [0.3, 0.4) is 0 Å². The minimum atomic E-state index is -1.40. The van der Waals surface area contributed by atoms with Crippen molar-refractivity contribution < 1.29 is 0 Å². The monoisotopic (exact) mass is 445 g/mol. The van der Waals surface area contributed by atoms with E-state index >= 15 is 0 Å². The summed E-state index contributed by atoms with van der Waals surface area (Å²) in [6, 6.07) is 14.9. The van der Waals surface area contributed by atoms with E-state index in [1.165, 1.54) is 63.9 Å². The average Bonchev–Trinajstić information content (AvgIpc) is 2.83. The van der Waals surface area contributed by atoms with Crippen LogP contribution in [0, 0.1) is 0 Å². The van der Waals surface area contributed by atoms with E-state index in [2.05, 4.69) is 70.2 Å². The summed E-state index contributed by atoms with van der Waals surface area (Å²) in [6.45, 7) is 9.53. The van der Waals surface area contributed by atoms with Gasteiger partial charge < -0.3 is 0 Å². The Morgan fingerprint density at radius 3 is 2.31 bits per heavy atom. The summed E-state index contributed by atoms with van der Waals surface area (Å²) in [5.74, 6) is 1.15. The van der Waals surface area contributed by atoms with Crippen LogP contribution < -0.4 is 5.30 Å². The van der Waals surface area contributed by atoms with E-state index in [4.69, 9.17) is 0 Å². The third-order valence-electron chi connectivity index (χ3n) is 8.56. The first-order valence-corrected chi connectivity index (χ1v) is 15.4. The Hall–Kier alpha value is -1.39. The van der Waals surface area contributed by atoms with Crippen molar-refractivity contribution in [3.8, 4) is 11.1 Å². The lowest BCUT2D eigenvalue weighted by Crippen LogP contribution is -2.32. The smallest absolute Gasteiger partial charge is 0.0614 e. The van der Waals surface area contributed by atoms with Crippen molar-refractivity contribution in [3.05, 3.63) is 64.5 Å². The summed E-state index contributed by atoms with van der Waals surface area (Å²) in [4.78, 5) is 0. The fraction of sp³-hybridized carbons (Fsp3) is 0.548. The van der Waals surface area contributed by atoms with Crippen LogP contribution in [0.5, 0.6) is 0 Å². The molecule has 3 aliphatic rings. The molecule has 0 amide bonds. The number of hydrogen-bond donors (Lipinski definition) is 0. The van der Waals surface area contributed by atoms with Gasteiger partial charge in [0.2, 0.25) is 0 Å². The highest BCUT2D eigenvalue weighted by Gasteiger charge is 2.55. The van der Waals surface area contributed by atoms with Gasteiger partial charge in [0.25, 0.3) is 0 Å². The molecule has 0 aromatic heterocycles. The van der Waals surface area contributed by atoms with E-state index in [0.717, 1.165) is 5.66 Å². The fourth-order valence-corrected chi connectivity index (χ4v) is 12.7. The lowest BCUT2D eigenvalue weighted by atomic mass is 9.85. The van der Waals surface area contributed by atoms with E-state index < -0.39 is 7.26 Å². The van der Waals surface area contributed by atoms with E-state index in [9.17, 15) is 0 Å². The molecular formula is C31H42P+. The van der Waals surface area contributed by atoms with Gasteiger partial charge in [-0.05, 0) is 91.2 Å². The van der Waals surface area contributed by atoms with E-state index in [1.54, 1.807) is 33.1 Å². The molecule has 1 heteroatoms. The Bertz CT molecular complexity index is 1010. The van der Waals surface area contributed by atoms with Crippen molar-refractivity contribution in [3.63, 3.8) is 0 Å². The highest BCUT2D eigenvalue weighted by atomic mass is 31.2. The van der Waals surface area contributed by atoms with Crippen LogP contribution in [0.25, 0.3) is 11.1 Å². The predicted octanol–water partition coefficient (Wildman–Crippen LogP) is 9.55. The van der Waals surface area contributed by atoms with Crippen molar-refractivity contribution in [2.45, 2.75) is 109 Å². The molecule has 5 rings (SSSR count). The molecule has 1 aliphatic heterocycles. The van der Waals surface area contributed by atoms with Crippen LogP contribution in [0.1, 0.15) is 114 Å². The maximum absolute atomic E-state index is 2.73. The van der Waals surface area contributed by atoms with Crippen molar-refractivity contribution in [1.82, 2.24) is 0 Å².